The van der Waals surface area contributed by atoms with Crippen LogP contribution in [0.2, 0.25) is 5.02 Å². The zero-order chi connectivity index (χ0) is 18.8. The number of rotatable bonds is 7. The van der Waals surface area contributed by atoms with Gasteiger partial charge in [0, 0.05) is 23.9 Å². The van der Waals surface area contributed by atoms with E-state index in [9.17, 15) is 14.5 Å². The van der Waals surface area contributed by atoms with Crippen molar-refractivity contribution in [1.82, 2.24) is 4.98 Å². The number of hydrogen-bond acceptors (Lipinski definition) is 5. The molecule has 0 bridgehead atoms. The van der Waals surface area contributed by atoms with Gasteiger partial charge < -0.3 is 10.1 Å². The van der Waals surface area contributed by atoms with Crippen molar-refractivity contribution >= 4 is 23.1 Å². The van der Waals surface area contributed by atoms with Gasteiger partial charge in [0.25, 0.3) is 0 Å². The van der Waals surface area contributed by atoms with E-state index in [0.29, 0.717) is 5.92 Å². The molecule has 0 spiro atoms. The van der Waals surface area contributed by atoms with E-state index < -0.39 is 10.7 Å². The number of ether oxygens (including phenoxy) is 1. The minimum atomic E-state index is -0.642. The largest absolute Gasteiger partial charge is 0.494 e. The molecule has 0 amide bonds. The van der Waals surface area contributed by atoms with Crippen LogP contribution < -0.4 is 10.1 Å². The third kappa shape index (κ3) is 3.58. The van der Waals surface area contributed by atoms with E-state index in [4.69, 9.17) is 16.3 Å². The first-order chi connectivity index (χ1) is 12.5. The zero-order valence-electron chi connectivity index (χ0n) is 14.5. The monoisotopic (exact) mass is 379 g/mol. The molecule has 1 atom stereocenters. The summed E-state index contributed by atoms with van der Waals surface area (Å²) < 4.78 is 19.0. The van der Waals surface area contributed by atoms with Crippen LogP contribution in [0.4, 0.5) is 15.9 Å². The summed E-state index contributed by atoms with van der Waals surface area (Å²) in [5, 5.41) is 15.1. The van der Waals surface area contributed by atoms with Crippen LogP contribution in [0.1, 0.15) is 26.2 Å². The molecule has 138 valence electrons. The van der Waals surface area contributed by atoms with E-state index in [1.807, 2.05) is 6.92 Å². The lowest BCUT2D eigenvalue weighted by Crippen LogP contribution is -2.22. The van der Waals surface area contributed by atoms with Gasteiger partial charge in [-0.05, 0) is 37.3 Å². The normalized spacial score (nSPS) is 14.8. The summed E-state index contributed by atoms with van der Waals surface area (Å²) in [7, 11) is 1.33. The standard InChI is InChI=1S/C18H19ClFN3O3/c1-3-15(10-4-5-10)22-18-17(23(24)25)11(6-7-21-18)12-8-14(20)16(26-2)9-13(12)19/h6-10,15H,3-5H2,1-2H3,(H,21,22)/t15-/m0/s1. The molecule has 3 rings (SSSR count). The van der Waals surface area contributed by atoms with Crippen molar-refractivity contribution in [3.63, 3.8) is 0 Å². The van der Waals surface area contributed by atoms with E-state index in [2.05, 4.69) is 10.3 Å². The number of nitrogens with one attached hydrogen (secondary N) is 1. The predicted molar refractivity (Wildman–Crippen MR) is 98.3 cm³/mol. The van der Waals surface area contributed by atoms with Gasteiger partial charge in [-0.3, -0.25) is 10.1 Å². The fourth-order valence-corrected chi connectivity index (χ4v) is 3.34. The Kier molecular flexibility index (Phi) is 5.27. The SMILES string of the molecule is CC[C@H](Nc1nccc(-c2cc(F)c(OC)cc2Cl)c1[N+](=O)[O-])C1CC1. The zero-order valence-corrected chi connectivity index (χ0v) is 15.2. The number of nitro groups is 1. The van der Waals surface area contributed by atoms with Crippen molar-refractivity contribution in [2.75, 3.05) is 12.4 Å². The molecule has 1 N–H and O–H groups in total. The Labute approximate surface area is 155 Å². The molecule has 0 unspecified atom stereocenters. The number of aromatic nitrogens is 1. The molecule has 1 saturated carbocycles. The number of benzene rings is 1. The number of methoxy groups -OCH3 is 1. The van der Waals surface area contributed by atoms with Gasteiger partial charge >= 0.3 is 5.69 Å². The number of halogens is 2. The van der Waals surface area contributed by atoms with Crippen LogP contribution in [0.5, 0.6) is 5.75 Å². The average molecular weight is 380 g/mol. The summed E-state index contributed by atoms with van der Waals surface area (Å²) in [6.07, 6.45) is 4.51. The maximum atomic E-state index is 14.1. The second-order valence-electron chi connectivity index (χ2n) is 6.28. The third-order valence-electron chi connectivity index (χ3n) is 4.59. The average Bonchev–Trinajstić information content (AvgIpc) is 3.45. The molecule has 1 aromatic heterocycles. The molecule has 0 radical (unpaired) electrons. The maximum absolute atomic E-state index is 14.1. The molecule has 1 fully saturated rings. The fourth-order valence-electron chi connectivity index (χ4n) is 3.08. The first-order valence-corrected chi connectivity index (χ1v) is 8.77. The van der Waals surface area contributed by atoms with Gasteiger partial charge in [0.05, 0.1) is 22.6 Å². The second-order valence-corrected chi connectivity index (χ2v) is 6.68. The number of pyridine rings is 1. The minimum Gasteiger partial charge on any atom is -0.494 e. The topological polar surface area (TPSA) is 77.3 Å². The van der Waals surface area contributed by atoms with Crippen molar-refractivity contribution < 1.29 is 14.1 Å². The molecule has 1 aliphatic rings. The lowest BCUT2D eigenvalue weighted by Gasteiger charge is -2.18. The quantitative estimate of drug-likeness (QED) is 0.537. The van der Waals surface area contributed by atoms with Crippen LogP contribution in [0.15, 0.2) is 24.4 Å². The Morgan fingerprint density at radius 3 is 2.77 bits per heavy atom. The van der Waals surface area contributed by atoms with E-state index >= 15 is 0 Å². The van der Waals surface area contributed by atoms with E-state index in [0.717, 1.165) is 25.3 Å². The Bertz CT molecular complexity index is 843. The Morgan fingerprint density at radius 1 is 1.46 bits per heavy atom. The summed E-state index contributed by atoms with van der Waals surface area (Å²) >= 11 is 6.23. The summed E-state index contributed by atoms with van der Waals surface area (Å²) in [4.78, 5) is 15.4. The molecule has 0 aliphatic heterocycles. The first-order valence-electron chi connectivity index (χ1n) is 8.39. The van der Waals surface area contributed by atoms with Crippen LogP contribution in [0.3, 0.4) is 0 Å². The van der Waals surface area contributed by atoms with Crippen molar-refractivity contribution in [1.29, 1.82) is 0 Å². The molecule has 1 aromatic carbocycles. The summed E-state index contributed by atoms with van der Waals surface area (Å²) in [6.45, 7) is 2.03. The Balaban J connectivity index is 2.09. The van der Waals surface area contributed by atoms with E-state index in [1.165, 1.54) is 25.4 Å². The van der Waals surface area contributed by atoms with Crippen LogP contribution in [-0.2, 0) is 0 Å². The highest BCUT2D eigenvalue weighted by molar-refractivity contribution is 6.33. The molecule has 2 aromatic rings. The molecule has 1 heterocycles. The molecular formula is C18H19ClFN3O3. The highest BCUT2D eigenvalue weighted by atomic mass is 35.5. The molecule has 8 heteroatoms. The predicted octanol–water partition coefficient (Wildman–Crippen LogP) is 5.06. The fraction of sp³-hybridized carbons (Fsp3) is 0.389. The van der Waals surface area contributed by atoms with Gasteiger partial charge in [0.15, 0.2) is 11.6 Å². The Morgan fingerprint density at radius 2 is 2.19 bits per heavy atom. The minimum absolute atomic E-state index is 0.0198. The Hall–Kier alpha value is -2.41. The molecule has 0 saturated heterocycles. The molecule has 1 aliphatic carbocycles. The molecule has 26 heavy (non-hydrogen) atoms. The van der Waals surface area contributed by atoms with Crippen LogP contribution in [0, 0.1) is 21.8 Å². The first kappa shape index (κ1) is 18.4. The van der Waals surface area contributed by atoms with Gasteiger partial charge in [0.2, 0.25) is 5.82 Å². The maximum Gasteiger partial charge on any atom is 0.319 e. The van der Waals surface area contributed by atoms with Gasteiger partial charge in [-0.25, -0.2) is 9.37 Å². The van der Waals surface area contributed by atoms with Crippen molar-refractivity contribution in [2.45, 2.75) is 32.2 Å². The highest BCUT2D eigenvalue weighted by Gasteiger charge is 2.33. The molecule has 6 nitrogen and oxygen atoms in total. The van der Waals surface area contributed by atoms with E-state index in [-0.39, 0.29) is 39.4 Å². The van der Waals surface area contributed by atoms with Gasteiger partial charge in [-0.1, -0.05) is 18.5 Å². The van der Waals surface area contributed by atoms with Gasteiger partial charge in [-0.2, -0.15) is 0 Å². The number of hydrogen-bond donors (Lipinski definition) is 1. The van der Waals surface area contributed by atoms with E-state index in [1.54, 1.807) is 0 Å². The third-order valence-corrected chi connectivity index (χ3v) is 4.90. The summed E-state index contributed by atoms with van der Waals surface area (Å²) in [6, 6.07) is 4.04. The smallest absolute Gasteiger partial charge is 0.319 e. The van der Waals surface area contributed by atoms with Crippen LogP contribution in [0.25, 0.3) is 11.1 Å². The summed E-state index contributed by atoms with van der Waals surface area (Å²) in [5.74, 6) is 0.0242. The second kappa shape index (κ2) is 7.45. The van der Waals surface area contributed by atoms with Gasteiger partial charge in [-0.15, -0.1) is 0 Å². The lowest BCUT2D eigenvalue weighted by atomic mass is 10.0. The van der Waals surface area contributed by atoms with Crippen LogP contribution in [-0.4, -0.2) is 23.1 Å². The van der Waals surface area contributed by atoms with Gasteiger partial charge in [0.1, 0.15) is 0 Å². The lowest BCUT2D eigenvalue weighted by molar-refractivity contribution is -0.383. The highest BCUT2D eigenvalue weighted by Crippen LogP contribution is 2.42. The summed E-state index contributed by atoms with van der Waals surface area (Å²) in [5.41, 5.74) is 0.226. The van der Waals surface area contributed by atoms with Crippen molar-refractivity contribution in [2.24, 2.45) is 5.92 Å². The van der Waals surface area contributed by atoms with Crippen molar-refractivity contribution in [3.8, 4) is 16.9 Å². The molecular weight excluding hydrogens is 361 g/mol. The van der Waals surface area contributed by atoms with Crippen LogP contribution >= 0.6 is 11.6 Å². The number of nitrogens with zero attached hydrogens (tertiary/aromatic N) is 2. The number of anilines is 1. The van der Waals surface area contributed by atoms with Crippen molar-refractivity contribution in [3.05, 3.63) is 45.4 Å².